The molecule has 24 heavy (non-hydrogen) atoms. The minimum atomic E-state index is -0.456. The van der Waals surface area contributed by atoms with Crippen LogP contribution in [0.4, 0.5) is 5.69 Å². The molecular weight excluding hydrogens is 336 g/mol. The van der Waals surface area contributed by atoms with Crippen LogP contribution < -0.4 is 5.32 Å². The van der Waals surface area contributed by atoms with Crippen molar-refractivity contribution in [1.82, 2.24) is 24.9 Å². The number of nitrogens with one attached hydrogen (secondary N) is 1. The zero-order valence-corrected chi connectivity index (χ0v) is 14.5. The van der Waals surface area contributed by atoms with Crippen LogP contribution in [-0.4, -0.2) is 30.4 Å². The molecule has 2 aromatic heterocycles. The van der Waals surface area contributed by atoms with Crippen LogP contribution >= 0.6 is 11.6 Å². The van der Waals surface area contributed by atoms with E-state index < -0.39 is 4.92 Å². The Morgan fingerprint density at radius 2 is 2.12 bits per heavy atom. The average Bonchev–Trinajstić information content (AvgIpc) is 3.02. The van der Waals surface area contributed by atoms with E-state index >= 15 is 0 Å². The maximum Gasteiger partial charge on any atom is 0.312 e. The first kappa shape index (κ1) is 17.9. The van der Waals surface area contributed by atoms with E-state index in [0.29, 0.717) is 23.0 Å². The number of rotatable bonds is 7. The number of aromatic nitrogens is 4. The molecule has 10 heteroatoms. The second-order valence-corrected chi connectivity index (χ2v) is 5.69. The van der Waals surface area contributed by atoms with Crippen molar-refractivity contribution in [2.24, 2.45) is 0 Å². The summed E-state index contributed by atoms with van der Waals surface area (Å²) >= 11 is 6.04. The van der Waals surface area contributed by atoms with E-state index in [2.05, 4.69) is 15.5 Å². The van der Waals surface area contributed by atoms with Crippen molar-refractivity contribution in [3.63, 3.8) is 0 Å². The number of hydrogen-bond donors (Lipinski definition) is 1. The lowest BCUT2D eigenvalue weighted by atomic mass is 10.3. The molecule has 0 aromatic carbocycles. The van der Waals surface area contributed by atoms with Gasteiger partial charge in [0.2, 0.25) is 5.91 Å². The Balaban J connectivity index is 1.93. The van der Waals surface area contributed by atoms with E-state index in [1.165, 1.54) is 4.68 Å². The molecule has 130 valence electrons. The minimum absolute atomic E-state index is 0.00552. The van der Waals surface area contributed by atoms with E-state index in [9.17, 15) is 14.9 Å². The highest BCUT2D eigenvalue weighted by Crippen LogP contribution is 2.21. The van der Waals surface area contributed by atoms with Crippen LogP contribution in [0.2, 0.25) is 5.02 Å². The van der Waals surface area contributed by atoms with Crippen LogP contribution in [0.3, 0.4) is 0 Å². The number of amides is 1. The molecule has 9 nitrogen and oxygen atoms in total. The predicted octanol–water partition coefficient (Wildman–Crippen LogP) is 1.98. The lowest BCUT2D eigenvalue weighted by Gasteiger charge is -2.08. The molecule has 0 unspecified atom stereocenters. The monoisotopic (exact) mass is 354 g/mol. The Morgan fingerprint density at radius 1 is 1.42 bits per heavy atom. The van der Waals surface area contributed by atoms with E-state index in [4.69, 9.17) is 11.6 Å². The van der Waals surface area contributed by atoms with Crippen molar-refractivity contribution in [2.45, 2.75) is 46.8 Å². The quantitative estimate of drug-likeness (QED) is 0.604. The fraction of sp³-hybridized carbons (Fsp3) is 0.500. The lowest BCUT2D eigenvalue weighted by Crippen LogP contribution is -2.25. The molecule has 0 aliphatic heterocycles. The Labute approximate surface area is 143 Å². The highest BCUT2D eigenvalue weighted by molar-refractivity contribution is 6.31. The minimum Gasteiger partial charge on any atom is -0.350 e. The largest absolute Gasteiger partial charge is 0.350 e. The van der Waals surface area contributed by atoms with Crippen LogP contribution in [0.25, 0.3) is 0 Å². The zero-order valence-electron chi connectivity index (χ0n) is 13.7. The molecule has 2 heterocycles. The van der Waals surface area contributed by atoms with Crippen molar-refractivity contribution in [3.05, 3.63) is 38.4 Å². The van der Waals surface area contributed by atoms with E-state index in [1.807, 2.05) is 6.92 Å². The Bertz CT molecular complexity index is 767. The molecule has 0 saturated carbocycles. The van der Waals surface area contributed by atoms with Gasteiger partial charge in [0, 0.05) is 13.0 Å². The SMILES string of the molecule is CCn1ncc(Cl)c1CNC(=O)CCn1nc(C)c([N+](=O)[O-])c1C. The van der Waals surface area contributed by atoms with Crippen molar-refractivity contribution >= 4 is 23.2 Å². The zero-order chi connectivity index (χ0) is 17.9. The summed E-state index contributed by atoms with van der Waals surface area (Å²) < 4.78 is 3.20. The summed E-state index contributed by atoms with van der Waals surface area (Å²) in [6, 6.07) is 0. The van der Waals surface area contributed by atoms with Gasteiger partial charge in [0.15, 0.2) is 0 Å². The Morgan fingerprint density at radius 3 is 2.71 bits per heavy atom. The number of hydrogen-bond acceptors (Lipinski definition) is 5. The van der Waals surface area contributed by atoms with Gasteiger partial charge >= 0.3 is 5.69 Å². The van der Waals surface area contributed by atoms with Crippen LogP contribution in [0.5, 0.6) is 0 Å². The topological polar surface area (TPSA) is 108 Å². The van der Waals surface area contributed by atoms with Crippen molar-refractivity contribution in [1.29, 1.82) is 0 Å². The van der Waals surface area contributed by atoms with Gasteiger partial charge in [0.05, 0.1) is 34.9 Å². The maximum atomic E-state index is 12.0. The molecule has 1 amide bonds. The molecule has 0 aliphatic rings. The second kappa shape index (κ2) is 7.43. The summed E-state index contributed by atoms with van der Waals surface area (Å²) in [4.78, 5) is 22.5. The van der Waals surface area contributed by atoms with Gasteiger partial charge in [-0.3, -0.25) is 24.3 Å². The van der Waals surface area contributed by atoms with E-state index in [-0.39, 0.29) is 31.1 Å². The van der Waals surface area contributed by atoms with E-state index in [0.717, 1.165) is 5.69 Å². The summed E-state index contributed by atoms with van der Waals surface area (Å²) in [5.41, 5.74) is 1.53. The molecule has 2 aromatic rings. The maximum absolute atomic E-state index is 12.0. The second-order valence-electron chi connectivity index (χ2n) is 5.28. The Kier molecular flexibility index (Phi) is 5.55. The Hall–Kier alpha value is -2.42. The van der Waals surface area contributed by atoms with Crippen LogP contribution in [0.1, 0.15) is 30.4 Å². The fourth-order valence-corrected chi connectivity index (χ4v) is 2.69. The summed E-state index contributed by atoms with van der Waals surface area (Å²) in [7, 11) is 0. The molecule has 2 rings (SSSR count). The highest BCUT2D eigenvalue weighted by atomic mass is 35.5. The fourth-order valence-electron chi connectivity index (χ4n) is 2.48. The van der Waals surface area contributed by atoms with Gasteiger partial charge in [-0.2, -0.15) is 10.2 Å². The van der Waals surface area contributed by atoms with Crippen molar-refractivity contribution in [3.8, 4) is 0 Å². The first-order valence-electron chi connectivity index (χ1n) is 7.50. The molecule has 0 bridgehead atoms. The number of aryl methyl sites for hydroxylation is 3. The third-order valence-electron chi connectivity index (χ3n) is 3.73. The van der Waals surface area contributed by atoms with Gasteiger partial charge in [-0.1, -0.05) is 11.6 Å². The summed E-state index contributed by atoms with van der Waals surface area (Å²) in [6.07, 6.45) is 1.71. The number of carbonyl (C=O) groups excluding carboxylic acids is 1. The number of nitro groups is 1. The van der Waals surface area contributed by atoms with Gasteiger partial charge in [0.1, 0.15) is 11.4 Å². The van der Waals surface area contributed by atoms with Gasteiger partial charge < -0.3 is 5.32 Å². The molecule has 0 aliphatic carbocycles. The summed E-state index contributed by atoms with van der Waals surface area (Å²) in [5.74, 6) is -0.190. The smallest absolute Gasteiger partial charge is 0.312 e. The van der Waals surface area contributed by atoms with Gasteiger partial charge in [-0.25, -0.2) is 0 Å². The molecule has 1 N–H and O–H groups in total. The average molecular weight is 355 g/mol. The molecule has 0 fully saturated rings. The van der Waals surface area contributed by atoms with E-state index in [1.54, 1.807) is 24.7 Å². The molecule has 0 radical (unpaired) electrons. The first-order valence-corrected chi connectivity index (χ1v) is 7.88. The number of halogens is 1. The lowest BCUT2D eigenvalue weighted by molar-refractivity contribution is -0.386. The van der Waals surface area contributed by atoms with Crippen LogP contribution in [-0.2, 0) is 24.4 Å². The standard InChI is InChI=1S/C14H19ClN6O3/c1-4-19-12(11(15)7-17-19)8-16-13(22)5-6-20-10(3)14(21(23)24)9(2)18-20/h7H,4-6,8H2,1-3H3,(H,16,22). The third-order valence-corrected chi connectivity index (χ3v) is 4.04. The molecule has 0 saturated heterocycles. The molecule has 0 atom stereocenters. The predicted molar refractivity (Wildman–Crippen MR) is 87.7 cm³/mol. The number of carbonyl (C=O) groups is 1. The van der Waals surface area contributed by atoms with Gasteiger partial charge in [0.25, 0.3) is 0 Å². The number of nitrogens with zero attached hydrogens (tertiary/aromatic N) is 5. The molecular formula is C14H19ClN6O3. The first-order chi connectivity index (χ1) is 11.3. The molecule has 0 spiro atoms. The normalized spacial score (nSPS) is 10.8. The van der Waals surface area contributed by atoms with Crippen LogP contribution in [0.15, 0.2) is 6.20 Å². The van der Waals surface area contributed by atoms with Gasteiger partial charge in [-0.05, 0) is 20.8 Å². The van der Waals surface area contributed by atoms with Crippen LogP contribution in [0, 0.1) is 24.0 Å². The van der Waals surface area contributed by atoms with Crippen molar-refractivity contribution < 1.29 is 9.72 Å². The summed E-state index contributed by atoms with van der Waals surface area (Å²) in [6.45, 7) is 6.35. The van der Waals surface area contributed by atoms with Gasteiger partial charge in [-0.15, -0.1) is 0 Å². The summed E-state index contributed by atoms with van der Waals surface area (Å²) in [5, 5.41) is 22.5. The van der Waals surface area contributed by atoms with Crippen molar-refractivity contribution in [2.75, 3.05) is 0 Å². The third kappa shape index (κ3) is 3.73. The highest BCUT2D eigenvalue weighted by Gasteiger charge is 2.21.